The first-order valence-electron chi connectivity index (χ1n) is 12.1. The fourth-order valence-corrected chi connectivity index (χ4v) is 4.18. The van der Waals surface area contributed by atoms with Crippen molar-refractivity contribution in [3.05, 3.63) is 115 Å². The average molecular weight is 502 g/mol. The number of pyridine rings is 1. The molecule has 5 aromatic rings. The normalized spacial score (nSPS) is 12.4. The highest BCUT2D eigenvalue weighted by Crippen LogP contribution is 2.36. The molecular formula is C30H23N5O3. The Bertz CT molecular complexity index is 1580. The zero-order valence-electron chi connectivity index (χ0n) is 20.3. The minimum absolute atomic E-state index is 0.00122. The molecule has 0 unspecified atom stereocenters. The van der Waals surface area contributed by atoms with Gasteiger partial charge in [0.2, 0.25) is 5.95 Å². The molecule has 0 spiro atoms. The molecule has 0 atom stereocenters. The number of aromatic nitrogens is 3. The Morgan fingerprint density at radius 1 is 0.895 bits per heavy atom. The number of carbonyl (C=O) groups is 1. The first-order chi connectivity index (χ1) is 18.7. The number of amides is 1. The van der Waals surface area contributed by atoms with Crippen molar-refractivity contribution in [3.63, 3.8) is 0 Å². The molecule has 6 rings (SSSR count). The molecule has 1 aliphatic rings. The molecule has 0 radical (unpaired) electrons. The summed E-state index contributed by atoms with van der Waals surface area (Å²) in [5.74, 6) is 2.44. The molecule has 8 nitrogen and oxygen atoms in total. The molecular weight excluding hydrogens is 478 g/mol. The van der Waals surface area contributed by atoms with Gasteiger partial charge in [0, 0.05) is 35.9 Å². The third-order valence-electron chi connectivity index (χ3n) is 5.99. The minimum Gasteiger partial charge on any atom is -0.482 e. The molecule has 8 heteroatoms. The van der Waals surface area contributed by atoms with Crippen molar-refractivity contribution in [3.8, 4) is 28.5 Å². The number of benzene rings is 3. The number of carbonyl (C=O) groups excluding carboxylic acids is 1. The summed E-state index contributed by atoms with van der Waals surface area (Å²) < 4.78 is 11.6. The Kier molecular flexibility index (Phi) is 6.34. The fourth-order valence-electron chi connectivity index (χ4n) is 4.18. The van der Waals surface area contributed by atoms with E-state index in [1.165, 1.54) is 0 Å². The predicted molar refractivity (Wildman–Crippen MR) is 145 cm³/mol. The Labute approximate surface area is 219 Å². The van der Waals surface area contributed by atoms with Gasteiger partial charge >= 0.3 is 0 Å². The van der Waals surface area contributed by atoms with E-state index >= 15 is 0 Å². The molecule has 0 saturated carbocycles. The summed E-state index contributed by atoms with van der Waals surface area (Å²) in [5, 5.41) is 3.25. The highest BCUT2D eigenvalue weighted by atomic mass is 16.5. The maximum atomic E-state index is 12.7. The van der Waals surface area contributed by atoms with Gasteiger partial charge in [0.25, 0.3) is 5.91 Å². The van der Waals surface area contributed by atoms with Gasteiger partial charge < -0.3 is 19.7 Å². The average Bonchev–Trinajstić information content (AvgIpc) is 2.96. The minimum atomic E-state index is -0.110. The molecule has 1 amide bonds. The lowest BCUT2D eigenvalue weighted by Gasteiger charge is -2.29. The molecule has 1 aliphatic heterocycles. The van der Waals surface area contributed by atoms with Crippen molar-refractivity contribution >= 4 is 23.2 Å². The largest absolute Gasteiger partial charge is 0.482 e. The highest BCUT2D eigenvalue weighted by molar-refractivity contribution is 5.98. The zero-order valence-corrected chi connectivity index (χ0v) is 20.3. The third kappa shape index (κ3) is 5.15. The molecule has 3 heterocycles. The van der Waals surface area contributed by atoms with Crippen molar-refractivity contribution in [1.82, 2.24) is 15.0 Å². The highest BCUT2D eigenvalue weighted by Gasteiger charge is 2.26. The Morgan fingerprint density at radius 2 is 1.79 bits per heavy atom. The summed E-state index contributed by atoms with van der Waals surface area (Å²) in [6.07, 6.45) is 5.17. The van der Waals surface area contributed by atoms with Crippen LogP contribution in [0.2, 0.25) is 0 Å². The number of fused-ring (bicyclic) bond motifs is 1. The second-order valence-corrected chi connectivity index (χ2v) is 8.65. The van der Waals surface area contributed by atoms with Crippen molar-refractivity contribution in [2.24, 2.45) is 0 Å². The van der Waals surface area contributed by atoms with Crippen LogP contribution >= 0.6 is 0 Å². The maximum Gasteiger partial charge on any atom is 0.265 e. The summed E-state index contributed by atoms with van der Waals surface area (Å²) in [6, 6.07) is 28.6. The zero-order chi connectivity index (χ0) is 25.7. The number of ether oxygens (including phenoxy) is 2. The van der Waals surface area contributed by atoms with E-state index in [2.05, 4.69) is 15.3 Å². The van der Waals surface area contributed by atoms with Crippen LogP contribution in [0.3, 0.4) is 0 Å². The topological polar surface area (TPSA) is 89.5 Å². The summed E-state index contributed by atoms with van der Waals surface area (Å²) in [7, 11) is 0. The van der Waals surface area contributed by atoms with E-state index in [4.69, 9.17) is 14.5 Å². The maximum absolute atomic E-state index is 12.7. The van der Waals surface area contributed by atoms with Gasteiger partial charge in [-0.25, -0.2) is 9.97 Å². The summed E-state index contributed by atoms with van der Waals surface area (Å²) in [5.41, 5.74) is 3.97. The van der Waals surface area contributed by atoms with E-state index in [1.54, 1.807) is 23.5 Å². The molecule has 0 bridgehead atoms. The van der Waals surface area contributed by atoms with E-state index in [-0.39, 0.29) is 12.5 Å². The van der Waals surface area contributed by atoms with Crippen molar-refractivity contribution in [1.29, 1.82) is 0 Å². The van der Waals surface area contributed by atoms with Crippen molar-refractivity contribution in [2.45, 2.75) is 6.54 Å². The third-order valence-corrected chi connectivity index (χ3v) is 5.99. The van der Waals surface area contributed by atoms with Gasteiger partial charge in [-0.15, -0.1) is 0 Å². The van der Waals surface area contributed by atoms with Crippen LogP contribution in [0.1, 0.15) is 5.56 Å². The molecule has 3 aromatic carbocycles. The van der Waals surface area contributed by atoms with Crippen LogP contribution in [-0.4, -0.2) is 27.5 Å². The molecule has 1 N–H and O–H groups in total. The molecule has 0 fully saturated rings. The summed E-state index contributed by atoms with van der Waals surface area (Å²) in [6.45, 7) is 0.408. The van der Waals surface area contributed by atoms with Crippen LogP contribution in [0.4, 0.5) is 17.3 Å². The number of rotatable bonds is 7. The molecule has 0 saturated heterocycles. The van der Waals surface area contributed by atoms with Crippen LogP contribution in [0.15, 0.2) is 110 Å². The van der Waals surface area contributed by atoms with Gasteiger partial charge in [-0.1, -0.05) is 30.3 Å². The Balaban J connectivity index is 1.24. The lowest BCUT2D eigenvalue weighted by Crippen LogP contribution is -2.38. The van der Waals surface area contributed by atoms with Crippen LogP contribution < -0.4 is 19.7 Å². The van der Waals surface area contributed by atoms with Gasteiger partial charge in [-0.3, -0.25) is 9.78 Å². The van der Waals surface area contributed by atoms with Gasteiger partial charge in [0.1, 0.15) is 17.2 Å². The van der Waals surface area contributed by atoms with Crippen LogP contribution in [0, 0.1) is 0 Å². The second kappa shape index (κ2) is 10.4. The lowest BCUT2D eigenvalue weighted by molar-refractivity contribution is -0.121. The number of para-hydroxylation sites is 1. The smallest absolute Gasteiger partial charge is 0.265 e. The second-order valence-electron chi connectivity index (χ2n) is 8.65. The molecule has 186 valence electrons. The fraction of sp³-hybridized carbons (Fsp3) is 0.0667. The predicted octanol–water partition coefficient (Wildman–Crippen LogP) is 6.00. The monoisotopic (exact) mass is 501 g/mol. The van der Waals surface area contributed by atoms with E-state index in [0.29, 0.717) is 35.4 Å². The van der Waals surface area contributed by atoms with E-state index < -0.39 is 0 Å². The molecule has 0 aliphatic carbocycles. The van der Waals surface area contributed by atoms with Gasteiger partial charge in [-0.2, -0.15) is 0 Å². The van der Waals surface area contributed by atoms with Gasteiger partial charge in [0.05, 0.1) is 17.9 Å². The first-order valence-corrected chi connectivity index (χ1v) is 12.1. The Hall–Kier alpha value is -5.24. The van der Waals surface area contributed by atoms with Crippen LogP contribution in [-0.2, 0) is 11.3 Å². The lowest BCUT2D eigenvalue weighted by atomic mass is 10.1. The first kappa shape index (κ1) is 23.2. The number of anilines is 3. The van der Waals surface area contributed by atoms with Gasteiger partial charge in [0.15, 0.2) is 6.61 Å². The summed E-state index contributed by atoms with van der Waals surface area (Å²) >= 11 is 0. The van der Waals surface area contributed by atoms with Crippen molar-refractivity contribution in [2.75, 3.05) is 16.8 Å². The van der Waals surface area contributed by atoms with E-state index in [0.717, 1.165) is 22.6 Å². The van der Waals surface area contributed by atoms with Crippen molar-refractivity contribution < 1.29 is 14.3 Å². The van der Waals surface area contributed by atoms with E-state index in [9.17, 15) is 4.79 Å². The number of hydrogen-bond donors (Lipinski definition) is 1. The Morgan fingerprint density at radius 3 is 2.66 bits per heavy atom. The standard InChI is InChI=1S/C30H23N5O3/c36-29-20-37-28-12-11-22(16-27(28)35(29)19-21-6-5-14-31-18-21)26-13-15-32-30(34-26)33-23-7-4-10-25(17-23)38-24-8-2-1-3-9-24/h1-18H,19-20H2,(H,32,33,34). The SMILES string of the molecule is O=C1COc2ccc(-c3ccnc(Nc4cccc(Oc5ccccc5)c4)n3)cc2N1Cc1cccnc1. The van der Waals surface area contributed by atoms with E-state index in [1.807, 2.05) is 91.0 Å². The van der Waals surface area contributed by atoms with Crippen LogP contribution in [0.5, 0.6) is 17.2 Å². The van der Waals surface area contributed by atoms with Gasteiger partial charge in [-0.05, 0) is 60.2 Å². The number of nitrogens with zero attached hydrogens (tertiary/aromatic N) is 4. The molecule has 38 heavy (non-hydrogen) atoms. The van der Waals surface area contributed by atoms with Crippen LogP contribution in [0.25, 0.3) is 11.3 Å². The number of hydrogen-bond acceptors (Lipinski definition) is 7. The quantitative estimate of drug-likeness (QED) is 0.293. The summed E-state index contributed by atoms with van der Waals surface area (Å²) in [4.78, 5) is 27.7. The molecule has 2 aromatic heterocycles. The number of nitrogens with one attached hydrogen (secondary N) is 1.